The van der Waals surface area contributed by atoms with E-state index in [2.05, 4.69) is 44.3 Å². The van der Waals surface area contributed by atoms with Gasteiger partial charge in [0.15, 0.2) is 0 Å². The lowest BCUT2D eigenvalue weighted by Gasteiger charge is -2.27. The van der Waals surface area contributed by atoms with Gasteiger partial charge in [0, 0.05) is 25.2 Å². The molecule has 0 radical (unpaired) electrons. The van der Waals surface area contributed by atoms with Crippen molar-refractivity contribution in [3.05, 3.63) is 29.3 Å². The molecule has 0 aromatic heterocycles. The summed E-state index contributed by atoms with van der Waals surface area (Å²) in [6.07, 6.45) is 2.04. The average molecular weight is 300 g/mol. The Morgan fingerprint density at radius 3 is 2.68 bits per heavy atom. The summed E-state index contributed by atoms with van der Waals surface area (Å²) < 4.78 is 0. The monoisotopic (exact) mass is 300 g/mol. The van der Waals surface area contributed by atoms with Gasteiger partial charge in [-0.3, -0.25) is 9.59 Å². The Kier molecular flexibility index (Phi) is 3.71. The van der Waals surface area contributed by atoms with Crippen LogP contribution in [0, 0.1) is 5.92 Å². The van der Waals surface area contributed by atoms with Gasteiger partial charge < -0.3 is 10.2 Å². The molecule has 4 nitrogen and oxygen atoms in total. The molecule has 0 saturated carbocycles. The molecular weight excluding hydrogens is 276 g/mol. The van der Waals surface area contributed by atoms with Crippen molar-refractivity contribution < 1.29 is 9.59 Å². The van der Waals surface area contributed by atoms with E-state index in [1.807, 2.05) is 4.90 Å². The van der Waals surface area contributed by atoms with E-state index in [4.69, 9.17) is 0 Å². The van der Waals surface area contributed by atoms with Crippen molar-refractivity contribution in [1.82, 2.24) is 5.32 Å². The van der Waals surface area contributed by atoms with Gasteiger partial charge in [-0.1, -0.05) is 32.9 Å². The minimum absolute atomic E-state index is 0.0562. The van der Waals surface area contributed by atoms with Crippen LogP contribution in [0.1, 0.15) is 44.7 Å². The first kappa shape index (κ1) is 15.1. The van der Waals surface area contributed by atoms with E-state index >= 15 is 0 Å². The molecule has 22 heavy (non-hydrogen) atoms. The number of nitrogens with one attached hydrogen (secondary N) is 1. The smallest absolute Gasteiger partial charge is 0.231 e. The van der Waals surface area contributed by atoms with Crippen LogP contribution in [0.4, 0.5) is 5.69 Å². The fraction of sp³-hybridized carbons (Fsp3) is 0.556. The Morgan fingerprint density at radius 2 is 2.05 bits per heavy atom. The first-order chi connectivity index (χ1) is 10.4. The summed E-state index contributed by atoms with van der Waals surface area (Å²) in [4.78, 5) is 25.9. The number of fused-ring (bicyclic) bond motifs is 1. The lowest BCUT2D eigenvalue weighted by Crippen LogP contribution is -2.44. The van der Waals surface area contributed by atoms with Gasteiger partial charge in [0.25, 0.3) is 0 Å². The minimum Gasteiger partial charge on any atom is -0.355 e. The quantitative estimate of drug-likeness (QED) is 0.866. The van der Waals surface area contributed by atoms with Crippen LogP contribution in [-0.2, 0) is 21.4 Å². The number of benzene rings is 1. The van der Waals surface area contributed by atoms with Crippen molar-refractivity contribution in [3.8, 4) is 0 Å². The Morgan fingerprint density at radius 1 is 1.27 bits per heavy atom. The van der Waals surface area contributed by atoms with Crippen LogP contribution in [0.2, 0.25) is 0 Å². The molecule has 1 saturated heterocycles. The van der Waals surface area contributed by atoms with Crippen LogP contribution in [0.25, 0.3) is 0 Å². The standard InChI is InChI=1S/C18H24N2O2/c1-18(2,3)14-5-6-15-12(10-14)8-9-20(15)17(22)13-4-7-16(21)19-11-13/h5-6,10,13H,4,7-9,11H2,1-3H3,(H,19,21)/t13-/m1/s1. The number of carbonyl (C=O) groups is 2. The number of piperidine rings is 1. The van der Waals surface area contributed by atoms with Gasteiger partial charge in [-0.2, -0.15) is 0 Å². The number of carbonyl (C=O) groups excluding carboxylic acids is 2. The Hall–Kier alpha value is -1.84. The van der Waals surface area contributed by atoms with E-state index in [0.717, 1.165) is 18.7 Å². The molecule has 1 atom stereocenters. The van der Waals surface area contributed by atoms with Crippen molar-refractivity contribution >= 4 is 17.5 Å². The van der Waals surface area contributed by atoms with Gasteiger partial charge >= 0.3 is 0 Å². The fourth-order valence-electron chi connectivity index (χ4n) is 3.26. The maximum absolute atomic E-state index is 12.7. The summed E-state index contributed by atoms with van der Waals surface area (Å²) >= 11 is 0. The van der Waals surface area contributed by atoms with Crippen molar-refractivity contribution in [2.45, 2.75) is 45.4 Å². The fourth-order valence-corrected chi connectivity index (χ4v) is 3.26. The summed E-state index contributed by atoms with van der Waals surface area (Å²) in [7, 11) is 0. The van der Waals surface area contributed by atoms with Gasteiger partial charge in [-0.25, -0.2) is 0 Å². The number of anilines is 1. The zero-order chi connectivity index (χ0) is 15.9. The van der Waals surface area contributed by atoms with E-state index in [0.29, 0.717) is 19.4 Å². The molecule has 1 aromatic rings. The third-order valence-electron chi connectivity index (χ3n) is 4.72. The normalized spacial score (nSPS) is 21.5. The molecule has 1 aromatic carbocycles. The second kappa shape index (κ2) is 5.41. The maximum atomic E-state index is 12.7. The second-order valence-electron chi connectivity index (χ2n) is 7.37. The molecule has 0 bridgehead atoms. The highest BCUT2D eigenvalue weighted by Crippen LogP contribution is 2.34. The number of nitrogens with zero attached hydrogens (tertiary/aromatic N) is 1. The Labute approximate surface area is 131 Å². The van der Waals surface area contributed by atoms with E-state index in [9.17, 15) is 9.59 Å². The Bertz CT molecular complexity index is 606. The van der Waals surface area contributed by atoms with Gasteiger partial charge in [0.05, 0.1) is 5.92 Å². The van der Waals surface area contributed by atoms with Crippen molar-refractivity contribution in [2.75, 3.05) is 18.0 Å². The van der Waals surface area contributed by atoms with Crippen LogP contribution in [-0.4, -0.2) is 24.9 Å². The summed E-state index contributed by atoms with van der Waals surface area (Å²) in [5, 5.41) is 2.80. The highest BCUT2D eigenvalue weighted by molar-refractivity contribution is 5.98. The van der Waals surface area contributed by atoms with Crippen molar-refractivity contribution in [2.24, 2.45) is 5.92 Å². The molecule has 0 unspecified atom stereocenters. The number of hydrogen-bond acceptors (Lipinski definition) is 2. The summed E-state index contributed by atoms with van der Waals surface area (Å²) in [5.41, 5.74) is 3.75. The summed E-state index contributed by atoms with van der Waals surface area (Å²) in [5.74, 6) is 0.133. The zero-order valence-corrected chi connectivity index (χ0v) is 13.6. The predicted octanol–water partition coefficient (Wildman–Crippen LogP) is 2.40. The van der Waals surface area contributed by atoms with E-state index in [-0.39, 0.29) is 23.1 Å². The zero-order valence-electron chi connectivity index (χ0n) is 13.6. The molecule has 2 amide bonds. The number of amides is 2. The topological polar surface area (TPSA) is 49.4 Å². The van der Waals surface area contributed by atoms with Crippen molar-refractivity contribution in [1.29, 1.82) is 0 Å². The van der Waals surface area contributed by atoms with E-state index in [1.165, 1.54) is 11.1 Å². The number of hydrogen-bond donors (Lipinski definition) is 1. The SMILES string of the molecule is CC(C)(C)c1ccc2c(c1)CCN2C(=O)[C@@H]1CCC(=O)NC1. The maximum Gasteiger partial charge on any atom is 0.231 e. The third kappa shape index (κ3) is 2.74. The van der Waals surface area contributed by atoms with Gasteiger partial charge in [0.2, 0.25) is 11.8 Å². The van der Waals surface area contributed by atoms with Gasteiger partial charge in [-0.15, -0.1) is 0 Å². The molecular formula is C18H24N2O2. The molecule has 2 aliphatic heterocycles. The molecule has 2 heterocycles. The molecule has 0 aliphatic carbocycles. The lowest BCUT2D eigenvalue weighted by molar-refractivity contribution is -0.127. The van der Waals surface area contributed by atoms with Crippen molar-refractivity contribution in [3.63, 3.8) is 0 Å². The third-order valence-corrected chi connectivity index (χ3v) is 4.72. The molecule has 118 valence electrons. The van der Waals surface area contributed by atoms with Crippen LogP contribution in [0.15, 0.2) is 18.2 Å². The van der Waals surface area contributed by atoms with E-state index in [1.54, 1.807) is 0 Å². The largest absolute Gasteiger partial charge is 0.355 e. The lowest BCUT2D eigenvalue weighted by atomic mass is 9.86. The summed E-state index contributed by atoms with van der Waals surface area (Å²) in [6, 6.07) is 6.46. The molecule has 0 spiro atoms. The molecule has 2 aliphatic rings. The second-order valence-corrected chi connectivity index (χ2v) is 7.37. The average Bonchev–Trinajstić information content (AvgIpc) is 2.89. The highest BCUT2D eigenvalue weighted by atomic mass is 16.2. The van der Waals surface area contributed by atoms with Gasteiger partial charge in [-0.05, 0) is 35.4 Å². The van der Waals surface area contributed by atoms with Gasteiger partial charge in [0.1, 0.15) is 0 Å². The van der Waals surface area contributed by atoms with E-state index < -0.39 is 0 Å². The molecule has 1 fully saturated rings. The number of rotatable bonds is 1. The molecule has 1 N–H and O–H groups in total. The highest BCUT2D eigenvalue weighted by Gasteiger charge is 2.32. The summed E-state index contributed by atoms with van der Waals surface area (Å²) in [6.45, 7) is 7.85. The van der Waals surface area contributed by atoms with Crippen LogP contribution >= 0.6 is 0 Å². The minimum atomic E-state index is -0.0778. The molecule has 4 heteroatoms. The predicted molar refractivity (Wildman–Crippen MR) is 86.9 cm³/mol. The first-order valence-electron chi connectivity index (χ1n) is 8.08. The molecule has 3 rings (SSSR count). The first-order valence-corrected chi connectivity index (χ1v) is 8.08. The van der Waals surface area contributed by atoms with Crippen LogP contribution in [0.5, 0.6) is 0 Å². The Balaban J connectivity index is 1.79. The van der Waals surface area contributed by atoms with Crippen LogP contribution < -0.4 is 10.2 Å². The van der Waals surface area contributed by atoms with Crippen LogP contribution in [0.3, 0.4) is 0 Å².